The van der Waals surface area contributed by atoms with Crippen LogP contribution in [0, 0.1) is 0 Å². The largest absolute Gasteiger partial charge is 0.456 e. The van der Waals surface area contributed by atoms with Gasteiger partial charge in [-0.25, -0.2) is 0 Å². The summed E-state index contributed by atoms with van der Waals surface area (Å²) in [4.78, 5) is 0. The first kappa shape index (κ1) is 21.5. The van der Waals surface area contributed by atoms with Crippen LogP contribution in [0.1, 0.15) is 0 Å². The summed E-state index contributed by atoms with van der Waals surface area (Å²) in [5.74, 6) is 0. The Bertz CT molecular complexity index is 2160. The molecule has 0 aliphatic rings. The Morgan fingerprint density at radius 2 is 1.11 bits per heavy atom. The molecule has 0 unspecified atom stereocenters. The van der Waals surface area contributed by atoms with Crippen molar-refractivity contribution in [2.24, 2.45) is 0 Å². The van der Waals surface area contributed by atoms with Crippen molar-refractivity contribution in [3.05, 3.63) is 127 Å². The van der Waals surface area contributed by atoms with Crippen LogP contribution in [0.2, 0.25) is 0 Å². The van der Waals surface area contributed by atoms with Gasteiger partial charge in [0, 0.05) is 32.2 Å². The van der Waals surface area contributed by atoms with Gasteiger partial charge in [0.15, 0.2) is 7.14 Å². The Balaban J connectivity index is 1.63. The van der Waals surface area contributed by atoms with Crippen LogP contribution in [0.3, 0.4) is 0 Å². The van der Waals surface area contributed by atoms with Gasteiger partial charge in [0.1, 0.15) is 22.3 Å². The second-order valence-corrected chi connectivity index (χ2v) is 12.3. The van der Waals surface area contributed by atoms with Crippen molar-refractivity contribution >= 4 is 77.7 Å². The third kappa shape index (κ3) is 2.88. The fourth-order valence-corrected chi connectivity index (χ4v) is 8.62. The summed E-state index contributed by atoms with van der Waals surface area (Å²) in [5.41, 5.74) is 2.91. The maximum atomic E-state index is 15.5. The van der Waals surface area contributed by atoms with E-state index in [-0.39, 0.29) is 0 Å². The fraction of sp³-hybridized carbons (Fsp3) is 0. The van der Waals surface area contributed by atoms with Gasteiger partial charge in [0.05, 0.1) is 5.30 Å². The Hall–Kier alpha value is -4.59. The number of hydrogen-bond acceptors (Lipinski definition) is 3. The predicted octanol–water partition coefficient (Wildman–Crippen LogP) is 8.28. The maximum absolute atomic E-state index is 15.5. The van der Waals surface area contributed by atoms with E-state index in [9.17, 15) is 0 Å². The first-order valence-corrected chi connectivity index (χ1v) is 14.3. The number of benzene rings is 6. The Labute approximate surface area is 218 Å². The number of para-hydroxylation sites is 1. The lowest BCUT2D eigenvalue weighted by molar-refractivity contribution is 0.592. The van der Waals surface area contributed by atoms with Crippen LogP contribution in [-0.2, 0) is 4.57 Å². The van der Waals surface area contributed by atoms with Gasteiger partial charge in [-0.2, -0.15) is 0 Å². The zero-order valence-electron chi connectivity index (χ0n) is 20.3. The quantitative estimate of drug-likeness (QED) is 0.226. The summed E-state index contributed by atoms with van der Waals surface area (Å²) in [5, 5.41) is 8.40. The highest BCUT2D eigenvalue weighted by atomic mass is 31.2. The highest BCUT2D eigenvalue weighted by Crippen LogP contribution is 2.49. The van der Waals surface area contributed by atoms with Gasteiger partial charge in [0.25, 0.3) is 0 Å². The van der Waals surface area contributed by atoms with Crippen LogP contribution in [0.4, 0.5) is 0 Å². The Morgan fingerprint density at radius 3 is 1.84 bits per heavy atom. The van der Waals surface area contributed by atoms with E-state index >= 15 is 4.57 Å². The molecular weight excluding hydrogens is 487 g/mol. The molecule has 2 aromatic heterocycles. The van der Waals surface area contributed by atoms with Gasteiger partial charge in [-0.3, -0.25) is 0 Å². The molecule has 2 heterocycles. The molecule has 180 valence electrons. The van der Waals surface area contributed by atoms with Gasteiger partial charge in [-0.05, 0) is 29.0 Å². The van der Waals surface area contributed by atoms with Crippen LogP contribution in [-0.4, -0.2) is 0 Å². The lowest BCUT2D eigenvalue weighted by atomic mass is 10.0. The van der Waals surface area contributed by atoms with E-state index in [4.69, 9.17) is 8.83 Å². The lowest BCUT2D eigenvalue weighted by Gasteiger charge is -2.20. The SMILES string of the molecule is O=P(c1ccccc1)(c1ccccc1)c1cc2oc3ccc4ccccc4c3c2c2c1oc1ccccc12. The zero-order valence-corrected chi connectivity index (χ0v) is 21.2. The minimum Gasteiger partial charge on any atom is -0.456 e. The fourth-order valence-electron chi connectivity index (χ4n) is 5.84. The van der Waals surface area contributed by atoms with Crippen LogP contribution in [0.5, 0.6) is 0 Å². The molecule has 6 aromatic carbocycles. The molecule has 38 heavy (non-hydrogen) atoms. The monoisotopic (exact) mass is 508 g/mol. The first-order chi connectivity index (χ1) is 18.7. The normalized spacial score (nSPS) is 12.3. The Kier molecular flexibility index (Phi) is 4.50. The van der Waals surface area contributed by atoms with Crippen LogP contribution >= 0.6 is 7.14 Å². The third-order valence-electron chi connectivity index (χ3n) is 7.53. The summed E-state index contributed by atoms with van der Waals surface area (Å²) < 4.78 is 28.6. The van der Waals surface area contributed by atoms with E-state index in [1.54, 1.807) is 0 Å². The van der Waals surface area contributed by atoms with Crippen molar-refractivity contribution in [3.8, 4) is 0 Å². The number of hydrogen-bond donors (Lipinski definition) is 0. The summed E-state index contributed by atoms with van der Waals surface area (Å²) in [6, 6.07) is 41.9. The van der Waals surface area contributed by atoms with Crippen molar-refractivity contribution in [1.82, 2.24) is 0 Å². The van der Waals surface area contributed by atoms with Gasteiger partial charge in [-0.1, -0.05) is 109 Å². The summed E-state index contributed by atoms with van der Waals surface area (Å²) >= 11 is 0. The molecule has 3 nitrogen and oxygen atoms in total. The number of rotatable bonds is 3. The molecule has 0 aliphatic heterocycles. The van der Waals surface area contributed by atoms with E-state index in [2.05, 4.69) is 30.3 Å². The molecule has 4 heteroatoms. The third-order valence-corrected chi connectivity index (χ3v) is 10.6. The van der Waals surface area contributed by atoms with E-state index in [0.29, 0.717) is 16.5 Å². The average Bonchev–Trinajstić information content (AvgIpc) is 3.55. The minimum atomic E-state index is -3.33. The molecule has 0 N–H and O–H groups in total. The first-order valence-electron chi connectivity index (χ1n) is 12.6. The van der Waals surface area contributed by atoms with E-state index in [1.807, 2.05) is 97.1 Å². The average molecular weight is 509 g/mol. The summed E-state index contributed by atoms with van der Waals surface area (Å²) in [6.07, 6.45) is 0. The molecule has 0 radical (unpaired) electrons. The van der Waals surface area contributed by atoms with E-state index in [0.717, 1.165) is 54.1 Å². The van der Waals surface area contributed by atoms with Crippen LogP contribution in [0.15, 0.2) is 136 Å². The van der Waals surface area contributed by atoms with E-state index in [1.165, 1.54) is 0 Å². The predicted molar refractivity (Wildman–Crippen MR) is 158 cm³/mol. The van der Waals surface area contributed by atoms with E-state index < -0.39 is 7.14 Å². The molecular formula is C34H21O3P. The van der Waals surface area contributed by atoms with Crippen LogP contribution < -0.4 is 15.9 Å². The number of furan rings is 2. The second kappa shape index (κ2) is 7.95. The molecule has 0 amide bonds. The van der Waals surface area contributed by atoms with Crippen molar-refractivity contribution in [3.63, 3.8) is 0 Å². The van der Waals surface area contributed by atoms with Gasteiger partial charge in [0.2, 0.25) is 0 Å². The van der Waals surface area contributed by atoms with Crippen molar-refractivity contribution in [1.29, 1.82) is 0 Å². The minimum absolute atomic E-state index is 0.644. The van der Waals surface area contributed by atoms with Gasteiger partial charge >= 0.3 is 0 Å². The molecule has 0 atom stereocenters. The van der Waals surface area contributed by atoms with Crippen molar-refractivity contribution < 1.29 is 13.4 Å². The molecule has 0 saturated carbocycles. The van der Waals surface area contributed by atoms with Crippen molar-refractivity contribution in [2.75, 3.05) is 0 Å². The standard InChI is InChI=1S/C34H21O3P/c35-38(23-12-3-1-4-13-23,24-14-5-2-6-15-24)30-21-29-33(32-26-17-9-10-18-27(26)37-34(30)32)31-25-16-8-7-11-22(25)19-20-28(31)36-29/h1-21H. The van der Waals surface area contributed by atoms with Crippen LogP contribution in [0.25, 0.3) is 54.6 Å². The molecule has 0 fully saturated rings. The molecule has 0 aliphatic carbocycles. The highest BCUT2D eigenvalue weighted by Gasteiger charge is 2.35. The molecule has 8 rings (SSSR count). The molecule has 8 aromatic rings. The smallest absolute Gasteiger partial charge is 0.174 e. The number of fused-ring (bicyclic) bond motifs is 9. The molecule has 0 saturated heterocycles. The maximum Gasteiger partial charge on any atom is 0.174 e. The molecule has 0 bridgehead atoms. The topological polar surface area (TPSA) is 43.4 Å². The van der Waals surface area contributed by atoms with Gasteiger partial charge < -0.3 is 13.4 Å². The zero-order chi connectivity index (χ0) is 25.3. The second-order valence-electron chi connectivity index (χ2n) is 9.61. The highest BCUT2D eigenvalue weighted by molar-refractivity contribution is 7.85. The van der Waals surface area contributed by atoms with Crippen molar-refractivity contribution in [2.45, 2.75) is 0 Å². The Morgan fingerprint density at radius 1 is 0.474 bits per heavy atom. The molecule has 0 spiro atoms. The lowest BCUT2D eigenvalue weighted by Crippen LogP contribution is -2.25. The summed E-state index contributed by atoms with van der Waals surface area (Å²) in [7, 11) is -3.33. The summed E-state index contributed by atoms with van der Waals surface area (Å²) in [6.45, 7) is 0. The van der Waals surface area contributed by atoms with Gasteiger partial charge in [-0.15, -0.1) is 0 Å².